The topological polar surface area (TPSA) is 181 Å². The van der Waals surface area contributed by atoms with Crippen molar-refractivity contribution in [1.29, 1.82) is 0 Å². The summed E-state index contributed by atoms with van der Waals surface area (Å²) in [7, 11) is 2.05. The van der Waals surface area contributed by atoms with Gasteiger partial charge in [-0.1, -0.05) is 19.1 Å². The van der Waals surface area contributed by atoms with Gasteiger partial charge in [0.25, 0.3) is 0 Å². The number of aliphatic imine (C=N–C) groups is 1. The van der Waals surface area contributed by atoms with Gasteiger partial charge in [0.1, 0.15) is 5.84 Å². The van der Waals surface area contributed by atoms with E-state index in [2.05, 4.69) is 28.1 Å². The van der Waals surface area contributed by atoms with E-state index in [9.17, 15) is 27.2 Å². The summed E-state index contributed by atoms with van der Waals surface area (Å²) in [6.07, 6.45) is 4.45. The first-order valence-corrected chi connectivity index (χ1v) is 24.4. The van der Waals surface area contributed by atoms with E-state index in [1.165, 1.54) is 0 Å². The fraction of sp³-hybridized carbons (Fsp3) is 0.646. The molecule has 0 fully saturated rings. The number of nitrogens with zero attached hydrogens (tertiary/aromatic N) is 3. The Balaban J connectivity index is 0.980. The van der Waals surface area contributed by atoms with Gasteiger partial charge in [-0.15, -0.1) is 11.3 Å². The third-order valence-electron chi connectivity index (χ3n) is 9.83. The summed E-state index contributed by atoms with van der Waals surface area (Å²) in [5.41, 5.74) is 8.75. The van der Waals surface area contributed by atoms with Crippen LogP contribution < -0.4 is 10.5 Å². The molecular weight excluding hydrogens is 949 g/mol. The molecule has 0 aliphatic carbocycles. The lowest BCUT2D eigenvalue weighted by atomic mass is 10.1. The largest absolute Gasteiger partial charge is 0.420 e. The van der Waals surface area contributed by atoms with Gasteiger partial charge in [-0.2, -0.15) is 8.78 Å². The molecule has 22 heteroatoms. The fourth-order valence-corrected chi connectivity index (χ4v) is 7.15. The summed E-state index contributed by atoms with van der Waals surface area (Å²) in [4.78, 5) is 34.7. The number of amidine groups is 1. The molecule has 1 aromatic carbocycles. The highest BCUT2D eigenvalue weighted by Gasteiger charge is 2.24. The molecule has 70 heavy (non-hydrogen) atoms. The van der Waals surface area contributed by atoms with E-state index < -0.39 is 41.4 Å². The molecule has 0 radical (unpaired) electrons. The van der Waals surface area contributed by atoms with E-state index >= 15 is 0 Å². The number of carbonyl (C=O) groups is 2. The smallest absolute Gasteiger partial charge is 0.313 e. The van der Waals surface area contributed by atoms with Gasteiger partial charge in [0.05, 0.1) is 149 Å². The third-order valence-corrected chi connectivity index (χ3v) is 10.7. The van der Waals surface area contributed by atoms with Crippen molar-refractivity contribution in [2.45, 2.75) is 39.0 Å². The quantitative estimate of drug-likeness (QED) is 0.0212. The molecule has 0 unspecified atom stereocenters. The number of likely N-dealkylation sites (N-methyl/N-ethyl adjacent to an activating group) is 1. The minimum atomic E-state index is -1.80. The van der Waals surface area contributed by atoms with Gasteiger partial charge in [-0.25, -0.2) is 13.8 Å². The summed E-state index contributed by atoms with van der Waals surface area (Å²) in [5, 5.41) is 1.96. The molecule has 0 spiro atoms. The van der Waals surface area contributed by atoms with Gasteiger partial charge in [0, 0.05) is 44.2 Å². The number of hydrogen-bond donors (Lipinski definition) is 1. The van der Waals surface area contributed by atoms with E-state index in [1.807, 2.05) is 29.5 Å². The number of benzene rings is 1. The van der Waals surface area contributed by atoms with E-state index in [-0.39, 0.29) is 31.8 Å². The van der Waals surface area contributed by atoms with Gasteiger partial charge in [0.15, 0.2) is 11.6 Å². The first kappa shape index (κ1) is 60.4. The van der Waals surface area contributed by atoms with E-state index in [0.29, 0.717) is 143 Å². The number of rotatable bonds is 43. The minimum absolute atomic E-state index is 0.0180. The molecule has 2 heterocycles. The lowest BCUT2D eigenvalue weighted by Crippen LogP contribution is -2.35. The van der Waals surface area contributed by atoms with Crippen LogP contribution in [0.3, 0.4) is 0 Å². The van der Waals surface area contributed by atoms with Crippen LogP contribution in [0.4, 0.5) is 23.2 Å². The van der Waals surface area contributed by atoms with Crippen molar-refractivity contribution in [3.8, 4) is 5.75 Å². The highest BCUT2D eigenvalue weighted by Crippen LogP contribution is 2.32. The van der Waals surface area contributed by atoms with Crippen LogP contribution in [0.5, 0.6) is 5.75 Å². The second-order valence-corrected chi connectivity index (χ2v) is 16.6. The molecule has 17 nitrogen and oxygen atoms in total. The number of hydrogen-bond acceptors (Lipinski definition) is 17. The van der Waals surface area contributed by atoms with Crippen LogP contribution in [-0.2, 0) is 57.0 Å². The van der Waals surface area contributed by atoms with Crippen LogP contribution in [0.2, 0.25) is 0 Å². The normalized spacial score (nSPS) is 12.5. The number of ether oxygens (including phenoxy) is 11. The standard InChI is InChI=1S/C48H72F4N4O13S/c1-4-9-56(48(58)38-33-42-41(8-32-70-42)54-43(53)34-38)10-5-6-37(2)36-55(3)11-13-60-15-17-62-19-21-64-23-25-66-27-29-68-31-30-67-28-26-65-24-22-63-20-18-61-16-14-59-12-7-44(57)69-47-45(51)39(49)35-40(50)46(47)52/h8,32-33,35H,2,4-7,9-31,34,36H2,1,3H3,(H2,53,54). The molecule has 0 saturated heterocycles. The molecule has 1 aliphatic rings. The number of nitrogens with two attached hydrogens (primary N) is 1. The Labute approximate surface area is 413 Å². The maximum atomic E-state index is 13.6. The number of amides is 1. The molecule has 1 aromatic heterocycles. The van der Waals surface area contributed by atoms with E-state index in [0.717, 1.165) is 48.5 Å². The summed E-state index contributed by atoms with van der Waals surface area (Å²) >= 11 is 1.56. The van der Waals surface area contributed by atoms with Gasteiger partial charge in [-0.3, -0.25) is 9.59 Å². The molecule has 1 amide bonds. The number of halogens is 4. The van der Waals surface area contributed by atoms with Crippen molar-refractivity contribution in [2.75, 3.05) is 165 Å². The van der Waals surface area contributed by atoms with Gasteiger partial charge in [-0.05, 0) is 43.8 Å². The van der Waals surface area contributed by atoms with Crippen molar-refractivity contribution in [3.05, 3.63) is 63.4 Å². The van der Waals surface area contributed by atoms with E-state index in [1.54, 1.807) is 11.3 Å². The summed E-state index contributed by atoms with van der Waals surface area (Å²) in [6, 6.07) is 1.94. The highest BCUT2D eigenvalue weighted by atomic mass is 32.1. The summed E-state index contributed by atoms with van der Waals surface area (Å²) in [6.45, 7) is 16.8. The van der Waals surface area contributed by atoms with Gasteiger partial charge in [0.2, 0.25) is 23.3 Å². The van der Waals surface area contributed by atoms with Crippen molar-refractivity contribution >= 4 is 40.8 Å². The van der Waals surface area contributed by atoms with Crippen LogP contribution in [0, 0.1) is 23.3 Å². The Morgan fingerprint density at radius 3 is 1.60 bits per heavy atom. The van der Waals surface area contributed by atoms with Crippen LogP contribution >= 0.6 is 11.3 Å². The molecule has 0 bridgehead atoms. The van der Waals surface area contributed by atoms with Crippen molar-refractivity contribution in [1.82, 2.24) is 9.80 Å². The molecule has 3 rings (SSSR count). The van der Waals surface area contributed by atoms with Gasteiger partial charge >= 0.3 is 5.97 Å². The van der Waals surface area contributed by atoms with Crippen LogP contribution in [-0.4, -0.2) is 193 Å². The molecule has 2 N–H and O–H groups in total. The minimum Gasteiger partial charge on any atom is -0.420 e. The predicted octanol–water partition coefficient (Wildman–Crippen LogP) is 5.75. The van der Waals surface area contributed by atoms with Crippen molar-refractivity contribution < 1.29 is 79.3 Å². The molecule has 396 valence electrons. The summed E-state index contributed by atoms with van der Waals surface area (Å²) < 4.78 is 113. The second kappa shape index (κ2) is 37.8. The first-order valence-electron chi connectivity index (χ1n) is 23.6. The highest BCUT2D eigenvalue weighted by molar-refractivity contribution is 7.11. The predicted molar refractivity (Wildman–Crippen MR) is 256 cm³/mol. The molecule has 2 aromatic rings. The average molecular weight is 1020 g/mol. The average Bonchev–Trinajstić information content (AvgIpc) is 3.70. The monoisotopic (exact) mass is 1020 g/mol. The fourth-order valence-electron chi connectivity index (χ4n) is 6.36. The maximum Gasteiger partial charge on any atom is 0.313 e. The van der Waals surface area contributed by atoms with Crippen molar-refractivity contribution in [2.24, 2.45) is 10.7 Å². The molecule has 1 aliphatic heterocycles. The Bertz CT molecular complexity index is 1830. The second-order valence-electron chi connectivity index (χ2n) is 15.6. The number of thiophene rings is 1. The Morgan fingerprint density at radius 1 is 0.671 bits per heavy atom. The molecular formula is C48H72F4N4O13S. The molecule has 0 atom stereocenters. The Morgan fingerprint density at radius 2 is 1.13 bits per heavy atom. The number of esters is 1. The maximum absolute atomic E-state index is 13.6. The van der Waals surface area contributed by atoms with Gasteiger partial charge < -0.3 is 67.6 Å². The van der Waals surface area contributed by atoms with Crippen LogP contribution in [0.1, 0.15) is 43.9 Å². The zero-order chi connectivity index (χ0) is 50.6. The Kier molecular flexibility index (Phi) is 32.6. The number of carbonyl (C=O) groups excluding carboxylic acids is 2. The Hall–Kier alpha value is -3.91. The lowest BCUT2D eigenvalue weighted by Gasteiger charge is -2.24. The lowest BCUT2D eigenvalue weighted by molar-refractivity contribution is -0.136. The first-order chi connectivity index (χ1) is 34.0. The van der Waals surface area contributed by atoms with E-state index in [4.69, 9.17) is 53.1 Å². The van der Waals surface area contributed by atoms with Crippen molar-refractivity contribution in [3.63, 3.8) is 0 Å². The zero-order valence-electron chi connectivity index (χ0n) is 40.7. The van der Waals surface area contributed by atoms with Crippen LogP contribution in [0.25, 0.3) is 6.08 Å². The zero-order valence-corrected chi connectivity index (χ0v) is 41.5. The molecule has 0 saturated carbocycles. The summed E-state index contributed by atoms with van der Waals surface area (Å²) in [5.74, 6) is -9.02. The van der Waals surface area contributed by atoms with Crippen LogP contribution in [0.15, 0.2) is 40.2 Å². The SMILES string of the molecule is C=C(CCCN(CCC)C(=O)C1=Cc2sccc2N=C(N)C1)CN(C)CCOCCOCCOCCOCCOCCOCCOCCOCCOCCOCCC(=O)Oc1c(F)c(F)cc(F)c1F. The third kappa shape index (κ3) is 26.5. The number of fused-ring (bicyclic) bond motifs is 1.